The van der Waals surface area contributed by atoms with Gasteiger partial charge in [-0.3, -0.25) is 14.3 Å². The second kappa shape index (κ2) is 6.29. The van der Waals surface area contributed by atoms with Crippen molar-refractivity contribution in [3.05, 3.63) is 64.2 Å². The first kappa shape index (κ1) is 14.2. The van der Waals surface area contributed by atoms with Crippen LogP contribution in [0.15, 0.2) is 48.5 Å². The maximum absolute atomic E-state index is 11.2. The zero-order valence-corrected chi connectivity index (χ0v) is 11.7. The summed E-state index contributed by atoms with van der Waals surface area (Å²) in [6.07, 6.45) is 1.66. The van der Waals surface area contributed by atoms with Gasteiger partial charge in [-0.15, -0.1) is 0 Å². The van der Waals surface area contributed by atoms with Gasteiger partial charge in [0.25, 0.3) is 5.69 Å². The van der Waals surface area contributed by atoms with Crippen molar-refractivity contribution in [1.29, 1.82) is 0 Å². The van der Waals surface area contributed by atoms with Gasteiger partial charge in [-0.25, -0.2) is 0 Å². The van der Waals surface area contributed by atoms with E-state index in [9.17, 15) is 14.3 Å². The van der Waals surface area contributed by atoms with Crippen molar-refractivity contribution in [2.75, 3.05) is 11.6 Å². The molecule has 2 rings (SSSR count). The number of nitro groups is 1. The van der Waals surface area contributed by atoms with E-state index in [1.54, 1.807) is 18.4 Å². The molecule has 0 fully saturated rings. The molecule has 0 radical (unpaired) electrons. The van der Waals surface area contributed by atoms with Crippen LogP contribution in [0.25, 0.3) is 0 Å². The summed E-state index contributed by atoms with van der Waals surface area (Å²) in [6.45, 7) is 0. The van der Waals surface area contributed by atoms with Crippen LogP contribution in [-0.2, 0) is 16.6 Å². The number of nitrogens with zero attached hydrogens (tertiary/aromatic N) is 1. The molecule has 0 saturated heterocycles. The summed E-state index contributed by atoms with van der Waals surface area (Å²) in [5, 5.41) is 13.7. The van der Waals surface area contributed by atoms with E-state index < -0.39 is 15.7 Å². The molecule has 6 heteroatoms. The highest BCUT2D eigenvalue weighted by molar-refractivity contribution is 7.83. The standard InChI is InChI=1S/C14H14N2O3S/c1-20(19)10-11-3-2-4-13(9-11)15-12-5-7-14(8-6-12)16(17)18/h2-9,15H,10H2,1H3. The third-order valence-electron chi connectivity index (χ3n) is 2.66. The maximum atomic E-state index is 11.2. The molecule has 2 aromatic rings. The predicted molar refractivity (Wildman–Crippen MR) is 80.6 cm³/mol. The van der Waals surface area contributed by atoms with E-state index in [1.165, 1.54) is 12.1 Å². The van der Waals surface area contributed by atoms with Crippen molar-refractivity contribution in [1.82, 2.24) is 0 Å². The molecule has 0 amide bonds. The molecule has 20 heavy (non-hydrogen) atoms. The van der Waals surface area contributed by atoms with Crippen molar-refractivity contribution >= 4 is 27.9 Å². The highest BCUT2D eigenvalue weighted by atomic mass is 32.2. The first-order valence-corrected chi connectivity index (χ1v) is 7.68. The number of non-ortho nitro benzene ring substituents is 1. The number of nitrogens with one attached hydrogen (secondary N) is 1. The Morgan fingerprint density at radius 1 is 1.15 bits per heavy atom. The Kier molecular flexibility index (Phi) is 4.47. The van der Waals surface area contributed by atoms with Crippen molar-refractivity contribution < 1.29 is 9.13 Å². The molecule has 1 atom stereocenters. The van der Waals surface area contributed by atoms with Gasteiger partial charge in [0.2, 0.25) is 0 Å². The van der Waals surface area contributed by atoms with Crippen LogP contribution < -0.4 is 5.32 Å². The first-order chi connectivity index (χ1) is 9.54. The molecule has 0 aliphatic heterocycles. The molecule has 0 heterocycles. The van der Waals surface area contributed by atoms with Gasteiger partial charge in [0.05, 0.1) is 4.92 Å². The Labute approximate surface area is 119 Å². The lowest BCUT2D eigenvalue weighted by Gasteiger charge is -2.07. The van der Waals surface area contributed by atoms with Crippen LogP contribution in [0.3, 0.4) is 0 Å². The Morgan fingerprint density at radius 3 is 2.45 bits per heavy atom. The topological polar surface area (TPSA) is 72.2 Å². The van der Waals surface area contributed by atoms with Gasteiger partial charge < -0.3 is 5.32 Å². The summed E-state index contributed by atoms with van der Waals surface area (Å²) >= 11 is 0. The van der Waals surface area contributed by atoms with Crippen LogP contribution in [-0.4, -0.2) is 15.4 Å². The maximum Gasteiger partial charge on any atom is 0.269 e. The molecule has 1 N–H and O–H groups in total. The van der Waals surface area contributed by atoms with Crippen molar-refractivity contribution in [2.24, 2.45) is 0 Å². The summed E-state index contributed by atoms with van der Waals surface area (Å²) in [7, 11) is -0.882. The summed E-state index contributed by atoms with van der Waals surface area (Å²) in [5.74, 6) is 0.510. The normalized spacial score (nSPS) is 11.8. The molecular formula is C14H14N2O3S. The van der Waals surface area contributed by atoms with Crippen molar-refractivity contribution in [2.45, 2.75) is 5.75 Å². The highest BCUT2D eigenvalue weighted by Crippen LogP contribution is 2.21. The molecule has 0 aliphatic carbocycles. The summed E-state index contributed by atoms with van der Waals surface area (Å²) < 4.78 is 11.2. The molecular weight excluding hydrogens is 276 g/mol. The van der Waals surface area contributed by atoms with Crippen LogP contribution in [0.1, 0.15) is 5.56 Å². The fourth-order valence-corrected chi connectivity index (χ4v) is 2.46. The van der Waals surface area contributed by atoms with Crippen LogP contribution in [0.4, 0.5) is 17.1 Å². The Bertz CT molecular complexity index is 641. The summed E-state index contributed by atoms with van der Waals surface area (Å²) in [4.78, 5) is 10.1. The largest absolute Gasteiger partial charge is 0.356 e. The first-order valence-electron chi connectivity index (χ1n) is 5.95. The molecule has 0 saturated carbocycles. The quantitative estimate of drug-likeness (QED) is 0.678. The number of hydrogen-bond acceptors (Lipinski definition) is 4. The minimum absolute atomic E-state index is 0.0608. The summed E-state index contributed by atoms with van der Waals surface area (Å²) in [6, 6.07) is 13.8. The third-order valence-corrected chi connectivity index (χ3v) is 3.40. The highest BCUT2D eigenvalue weighted by Gasteiger charge is 2.04. The lowest BCUT2D eigenvalue weighted by Crippen LogP contribution is -1.95. The fourth-order valence-electron chi connectivity index (χ4n) is 1.81. The second-order valence-electron chi connectivity index (χ2n) is 4.35. The van der Waals surface area contributed by atoms with Crippen molar-refractivity contribution in [3.8, 4) is 0 Å². The zero-order chi connectivity index (χ0) is 14.5. The SMILES string of the molecule is CS(=O)Cc1cccc(Nc2ccc([N+](=O)[O-])cc2)c1. The molecule has 2 aromatic carbocycles. The lowest BCUT2D eigenvalue weighted by molar-refractivity contribution is -0.384. The summed E-state index contributed by atoms with van der Waals surface area (Å²) in [5.41, 5.74) is 2.68. The van der Waals surface area contributed by atoms with E-state index in [0.29, 0.717) is 5.75 Å². The number of rotatable bonds is 5. The molecule has 0 spiro atoms. The lowest BCUT2D eigenvalue weighted by atomic mass is 10.2. The number of hydrogen-bond donors (Lipinski definition) is 1. The molecule has 0 bridgehead atoms. The fraction of sp³-hybridized carbons (Fsp3) is 0.143. The number of nitro benzene ring substituents is 1. The average molecular weight is 290 g/mol. The number of anilines is 2. The average Bonchev–Trinajstić information content (AvgIpc) is 2.39. The van der Waals surface area contributed by atoms with E-state index in [2.05, 4.69) is 5.32 Å². The van der Waals surface area contributed by atoms with Gasteiger partial charge in [0.15, 0.2) is 0 Å². The van der Waals surface area contributed by atoms with E-state index in [4.69, 9.17) is 0 Å². The van der Waals surface area contributed by atoms with Gasteiger partial charge in [-0.2, -0.15) is 0 Å². The number of benzene rings is 2. The molecule has 0 aromatic heterocycles. The van der Waals surface area contributed by atoms with Gasteiger partial charge in [-0.1, -0.05) is 12.1 Å². The molecule has 0 aliphatic rings. The zero-order valence-electron chi connectivity index (χ0n) is 10.9. The molecule has 5 nitrogen and oxygen atoms in total. The molecule has 1 unspecified atom stereocenters. The van der Waals surface area contributed by atoms with E-state index >= 15 is 0 Å². The Balaban J connectivity index is 2.13. The second-order valence-corrected chi connectivity index (χ2v) is 5.78. The van der Waals surface area contributed by atoms with Crippen molar-refractivity contribution in [3.63, 3.8) is 0 Å². The van der Waals surface area contributed by atoms with Crippen LogP contribution >= 0.6 is 0 Å². The minimum atomic E-state index is -0.882. The predicted octanol–water partition coefficient (Wildman–Crippen LogP) is 3.22. The monoisotopic (exact) mass is 290 g/mol. The Morgan fingerprint density at radius 2 is 1.85 bits per heavy atom. The Hall–Kier alpha value is -2.21. The van der Waals surface area contributed by atoms with Gasteiger partial charge >= 0.3 is 0 Å². The molecule has 104 valence electrons. The van der Waals surface area contributed by atoms with Crippen LogP contribution in [0, 0.1) is 10.1 Å². The van der Waals surface area contributed by atoms with Gasteiger partial charge in [0, 0.05) is 46.3 Å². The van der Waals surface area contributed by atoms with Gasteiger partial charge in [0.1, 0.15) is 0 Å². The minimum Gasteiger partial charge on any atom is -0.356 e. The van der Waals surface area contributed by atoms with E-state index in [-0.39, 0.29) is 5.69 Å². The van der Waals surface area contributed by atoms with E-state index in [0.717, 1.165) is 16.9 Å². The van der Waals surface area contributed by atoms with Crippen LogP contribution in [0.5, 0.6) is 0 Å². The van der Waals surface area contributed by atoms with Gasteiger partial charge in [-0.05, 0) is 29.8 Å². The van der Waals surface area contributed by atoms with Crippen LogP contribution in [0.2, 0.25) is 0 Å². The third kappa shape index (κ3) is 3.89. The van der Waals surface area contributed by atoms with E-state index in [1.807, 2.05) is 24.3 Å². The smallest absolute Gasteiger partial charge is 0.269 e.